The van der Waals surface area contributed by atoms with Gasteiger partial charge in [-0.05, 0) is 173 Å². The zero-order chi connectivity index (χ0) is 61.1. The van der Waals surface area contributed by atoms with Crippen LogP contribution in [0.2, 0.25) is 0 Å². The van der Waals surface area contributed by atoms with E-state index in [4.69, 9.17) is 4.98 Å². The Morgan fingerprint density at radius 1 is 0.322 bits per heavy atom. The van der Waals surface area contributed by atoms with Gasteiger partial charge in [0, 0.05) is 56.7 Å². The third-order valence-corrected chi connectivity index (χ3v) is 18.1. The summed E-state index contributed by atoms with van der Waals surface area (Å²) >= 11 is 0. The highest BCUT2D eigenvalue weighted by molar-refractivity contribution is 7.00. The van der Waals surface area contributed by atoms with Crippen LogP contribution in [0.15, 0.2) is 224 Å². The molecule has 87 heavy (non-hydrogen) atoms. The second-order valence-corrected chi connectivity index (χ2v) is 29.5. The van der Waals surface area contributed by atoms with Gasteiger partial charge in [-0.1, -0.05) is 237 Å². The monoisotopic (exact) mass is 1140 g/mol. The van der Waals surface area contributed by atoms with E-state index in [0.717, 1.165) is 73.6 Å². The summed E-state index contributed by atoms with van der Waals surface area (Å²) < 4.78 is 2.40. The molecule has 11 aromatic rings. The Kier molecular flexibility index (Phi) is 13.8. The average Bonchev–Trinajstić information content (AvgIpc) is 1.42. The van der Waals surface area contributed by atoms with Crippen molar-refractivity contribution >= 4 is 85.3 Å². The molecule has 2 aliphatic heterocycles. The smallest absolute Gasteiger partial charge is 0.252 e. The fraction of sp³-hybridized carbons (Fsp3) is 0.247. The van der Waals surface area contributed by atoms with Crippen LogP contribution >= 0.6 is 0 Å². The predicted molar refractivity (Wildman–Crippen MR) is 374 cm³/mol. The summed E-state index contributed by atoms with van der Waals surface area (Å²) in [7, 11) is 0. The molecular weight excluding hydrogens is 1050 g/mol. The summed E-state index contributed by atoms with van der Waals surface area (Å²) in [6.07, 6.45) is 0. The first kappa shape index (κ1) is 57.2. The highest BCUT2D eigenvalue weighted by Crippen LogP contribution is 2.50. The van der Waals surface area contributed by atoms with Crippen molar-refractivity contribution in [2.24, 2.45) is 0 Å². The van der Waals surface area contributed by atoms with E-state index in [2.05, 4.69) is 348 Å². The van der Waals surface area contributed by atoms with E-state index in [0.29, 0.717) is 0 Å². The molecule has 0 amide bonds. The summed E-state index contributed by atoms with van der Waals surface area (Å²) in [5, 5.41) is 0. The van der Waals surface area contributed by atoms with Gasteiger partial charge in [0.25, 0.3) is 6.71 Å². The summed E-state index contributed by atoms with van der Waals surface area (Å²) in [5.41, 5.74) is 26.5. The van der Waals surface area contributed by atoms with Crippen molar-refractivity contribution in [3.63, 3.8) is 0 Å². The molecule has 0 fully saturated rings. The van der Waals surface area contributed by atoms with Gasteiger partial charge >= 0.3 is 0 Å². The lowest BCUT2D eigenvalue weighted by Crippen LogP contribution is -2.61. The Bertz CT molecular complexity index is 4300. The van der Waals surface area contributed by atoms with Crippen LogP contribution in [-0.4, -0.2) is 16.3 Å². The molecular formula is C81H82BN5. The first-order valence-corrected chi connectivity index (χ1v) is 31.2. The van der Waals surface area contributed by atoms with Crippen LogP contribution in [-0.2, 0) is 27.1 Å². The van der Waals surface area contributed by atoms with E-state index in [9.17, 15) is 0 Å². The van der Waals surface area contributed by atoms with Crippen LogP contribution in [0.25, 0.3) is 39.2 Å². The number of hydrogen-bond acceptors (Lipinski definition) is 4. The van der Waals surface area contributed by atoms with E-state index < -0.39 is 0 Å². The van der Waals surface area contributed by atoms with E-state index in [-0.39, 0.29) is 33.8 Å². The fourth-order valence-electron chi connectivity index (χ4n) is 13.0. The molecule has 13 rings (SSSR count). The molecule has 1 aromatic heterocycles. The lowest BCUT2D eigenvalue weighted by atomic mass is 9.33. The molecule has 2 aliphatic rings. The molecule has 0 aliphatic carbocycles. The van der Waals surface area contributed by atoms with Crippen molar-refractivity contribution in [3.05, 3.63) is 252 Å². The summed E-state index contributed by atoms with van der Waals surface area (Å²) in [6.45, 7) is 34.7. The number of rotatable bonds is 8. The molecule has 6 heteroatoms. The molecule has 0 spiro atoms. The van der Waals surface area contributed by atoms with Crippen molar-refractivity contribution < 1.29 is 0 Å². The van der Waals surface area contributed by atoms with Crippen LogP contribution in [0.1, 0.15) is 132 Å². The minimum Gasteiger partial charge on any atom is -0.311 e. The van der Waals surface area contributed by atoms with E-state index >= 15 is 0 Å². The van der Waals surface area contributed by atoms with E-state index in [1.165, 1.54) is 61.0 Å². The minimum atomic E-state index is -0.175. The Morgan fingerprint density at radius 3 is 1.26 bits per heavy atom. The number of para-hydroxylation sites is 3. The van der Waals surface area contributed by atoms with Gasteiger partial charge in [-0.25, -0.2) is 4.98 Å². The van der Waals surface area contributed by atoms with Crippen LogP contribution in [0, 0.1) is 0 Å². The molecule has 0 bridgehead atoms. The Labute approximate surface area is 518 Å². The Hall–Kier alpha value is -8.87. The summed E-state index contributed by atoms with van der Waals surface area (Å²) in [6, 6.07) is 84.7. The molecule has 434 valence electrons. The number of benzene rings is 10. The molecule has 0 saturated heterocycles. The third kappa shape index (κ3) is 10.4. The summed E-state index contributed by atoms with van der Waals surface area (Å²) in [4.78, 5) is 13.4. The zero-order valence-electron chi connectivity index (χ0n) is 53.7. The van der Waals surface area contributed by atoms with Crippen LogP contribution in [0.5, 0.6) is 0 Å². The summed E-state index contributed by atoms with van der Waals surface area (Å²) in [5.74, 6) is 0.898. The van der Waals surface area contributed by atoms with Crippen LogP contribution in [0.3, 0.4) is 0 Å². The van der Waals surface area contributed by atoms with Crippen molar-refractivity contribution in [1.82, 2.24) is 9.55 Å². The molecule has 0 unspecified atom stereocenters. The molecule has 0 radical (unpaired) electrons. The van der Waals surface area contributed by atoms with Gasteiger partial charge < -0.3 is 14.7 Å². The standard InChI is InChI=1S/C81H82BN5/c1-77(2,3)56-37-35-54(36-38-56)53-31-33-55(34-32-53)76-83-69-51-68-71(52-72(69)87(76)63-29-23-18-24-30-63)86(65-46-59(80(10,11)12)45-60(47-65)81(13,14)15)74-50-66(84(61-25-19-16-20-26-61)62-27-21-17-22-28-62)49-73-75(74)82(68)67-48-58(79(7,8)9)41-44-70(67)85(73)64-42-39-57(40-43-64)78(4,5)6/h16-52H,1-15H3. The van der Waals surface area contributed by atoms with E-state index in [1.54, 1.807) is 0 Å². The van der Waals surface area contributed by atoms with Gasteiger partial charge in [-0.15, -0.1) is 0 Å². The number of anilines is 9. The maximum Gasteiger partial charge on any atom is 0.252 e. The van der Waals surface area contributed by atoms with Crippen molar-refractivity contribution in [3.8, 4) is 28.2 Å². The molecule has 0 N–H and O–H groups in total. The van der Waals surface area contributed by atoms with Gasteiger partial charge in [0.15, 0.2) is 0 Å². The number of fused-ring (bicyclic) bond motifs is 5. The Morgan fingerprint density at radius 2 is 0.759 bits per heavy atom. The average molecular weight is 1140 g/mol. The number of nitrogens with zero attached hydrogens (tertiary/aromatic N) is 5. The maximum atomic E-state index is 5.80. The Balaban J connectivity index is 1.16. The lowest BCUT2D eigenvalue weighted by molar-refractivity contribution is 0.568. The second-order valence-electron chi connectivity index (χ2n) is 29.5. The normalized spacial score (nSPS) is 13.4. The molecule has 5 nitrogen and oxygen atoms in total. The number of hydrogen-bond donors (Lipinski definition) is 0. The number of aromatic nitrogens is 2. The quantitative estimate of drug-likeness (QED) is 0.142. The number of imidazole rings is 1. The van der Waals surface area contributed by atoms with Crippen molar-refractivity contribution in [1.29, 1.82) is 0 Å². The molecule has 10 aromatic carbocycles. The predicted octanol–water partition coefficient (Wildman–Crippen LogP) is 20.4. The lowest BCUT2D eigenvalue weighted by Gasteiger charge is -2.45. The SMILES string of the molecule is CC(C)(C)c1ccc(-c2ccc(-c3nc4cc5c(cc4n3-c3ccccc3)N(c3cc(C(C)(C)C)cc(C(C)(C)C)c3)c3cc(N(c4ccccc4)c4ccccc4)cc4c3B5c3cc(C(C)(C)C)ccc3N4c3ccc(C(C)(C)C)cc3)cc2)cc1. The molecule has 3 heterocycles. The van der Waals surface area contributed by atoms with Gasteiger partial charge in [0.1, 0.15) is 5.82 Å². The largest absolute Gasteiger partial charge is 0.311 e. The van der Waals surface area contributed by atoms with Crippen molar-refractivity contribution in [2.75, 3.05) is 14.7 Å². The first-order chi connectivity index (χ1) is 41.3. The van der Waals surface area contributed by atoms with Gasteiger partial charge in [-0.2, -0.15) is 0 Å². The highest BCUT2D eigenvalue weighted by Gasteiger charge is 2.45. The molecule has 0 atom stereocenters. The van der Waals surface area contributed by atoms with Crippen molar-refractivity contribution in [2.45, 2.75) is 131 Å². The minimum absolute atomic E-state index is 0.0191. The van der Waals surface area contributed by atoms with E-state index in [1.807, 2.05) is 0 Å². The van der Waals surface area contributed by atoms with Gasteiger partial charge in [0.05, 0.1) is 16.7 Å². The maximum absolute atomic E-state index is 5.80. The second kappa shape index (κ2) is 20.9. The topological polar surface area (TPSA) is 27.5 Å². The van der Waals surface area contributed by atoms with Crippen LogP contribution in [0.4, 0.5) is 51.2 Å². The third-order valence-electron chi connectivity index (χ3n) is 18.1. The van der Waals surface area contributed by atoms with Crippen LogP contribution < -0.4 is 31.1 Å². The first-order valence-electron chi connectivity index (χ1n) is 31.2. The molecule has 0 saturated carbocycles. The van der Waals surface area contributed by atoms with Gasteiger partial charge in [-0.3, -0.25) is 4.57 Å². The van der Waals surface area contributed by atoms with Gasteiger partial charge in [0.2, 0.25) is 0 Å². The fourth-order valence-corrected chi connectivity index (χ4v) is 13.0. The zero-order valence-corrected chi connectivity index (χ0v) is 53.7. The highest BCUT2D eigenvalue weighted by atomic mass is 15.2.